The van der Waals surface area contributed by atoms with Gasteiger partial charge >= 0.3 is 0 Å². The molecular formula is C20H27NO. The van der Waals surface area contributed by atoms with Gasteiger partial charge in [-0.1, -0.05) is 19.4 Å². The van der Waals surface area contributed by atoms with Crippen molar-refractivity contribution in [1.29, 1.82) is 5.26 Å². The summed E-state index contributed by atoms with van der Waals surface area (Å²) in [5.41, 5.74) is 1.98. The van der Waals surface area contributed by atoms with Crippen molar-refractivity contribution in [2.75, 3.05) is 0 Å². The van der Waals surface area contributed by atoms with Crippen LogP contribution in [0.4, 0.5) is 0 Å². The number of hydrogen-bond donors (Lipinski definition) is 0. The van der Waals surface area contributed by atoms with E-state index in [1.165, 1.54) is 31.3 Å². The maximum Gasteiger partial charge on any atom is 0.155 e. The minimum atomic E-state index is 0.262. The molecule has 4 aliphatic carbocycles. The number of carbonyl (C=O) groups is 1. The zero-order chi connectivity index (χ0) is 15.5. The lowest BCUT2D eigenvalue weighted by Crippen LogP contribution is -2.50. The van der Waals surface area contributed by atoms with Gasteiger partial charge in [-0.2, -0.15) is 5.26 Å². The van der Waals surface area contributed by atoms with Crippen LogP contribution in [0.15, 0.2) is 11.6 Å². The van der Waals surface area contributed by atoms with Crippen molar-refractivity contribution in [1.82, 2.24) is 0 Å². The van der Waals surface area contributed by atoms with E-state index >= 15 is 0 Å². The molecule has 3 saturated carbocycles. The molecule has 0 N–H and O–H groups in total. The molecule has 0 heterocycles. The molecule has 0 aliphatic heterocycles. The zero-order valence-corrected chi connectivity index (χ0v) is 13.9. The summed E-state index contributed by atoms with van der Waals surface area (Å²) in [6, 6.07) is 2.61. The number of allylic oxidation sites excluding steroid dienone is 1. The van der Waals surface area contributed by atoms with E-state index in [-0.39, 0.29) is 16.7 Å². The number of ketones is 1. The normalized spacial score (nSPS) is 50.4. The first-order valence-electron chi connectivity index (χ1n) is 9.12. The van der Waals surface area contributed by atoms with Gasteiger partial charge in [-0.05, 0) is 79.6 Å². The molecule has 0 aromatic rings. The number of carbonyl (C=O) groups excluding carboxylic acids is 1. The summed E-state index contributed by atoms with van der Waals surface area (Å²) in [5, 5.41) is 9.54. The summed E-state index contributed by atoms with van der Waals surface area (Å²) < 4.78 is 0. The summed E-state index contributed by atoms with van der Waals surface area (Å²) in [6.07, 6.45) is 11.0. The van der Waals surface area contributed by atoms with Crippen LogP contribution in [-0.2, 0) is 4.79 Å². The van der Waals surface area contributed by atoms with Crippen LogP contribution in [0.3, 0.4) is 0 Å². The molecule has 0 radical (unpaired) electrons. The first-order chi connectivity index (χ1) is 10.5. The molecule has 0 aromatic carbocycles. The van der Waals surface area contributed by atoms with Crippen LogP contribution in [0.25, 0.3) is 0 Å². The van der Waals surface area contributed by atoms with E-state index < -0.39 is 0 Å². The summed E-state index contributed by atoms with van der Waals surface area (Å²) in [4.78, 5) is 11.8. The molecule has 3 fully saturated rings. The van der Waals surface area contributed by atoms with Crippen molar-refractivity contribution in [2.24, 2.45) is 34.5 Å². The Hall–Kier alpha value is -1.10. The number of hydrogen-bond acceptors (Lipinski definition) is 2. The summed E-state index contributed by atoms with van der Waals surface area (Å²) >= 11 is 0. The quantitative estimate of drug-likeness (QED) is 0.652. The molecule has 0 spiro atoms. The second-order valence-corrected chi connectivity index (χ2v) is 8.77. The predicted octanol–water partition coefficient (Wildman–Crippen LogP) is 4.66. The van der Waals surface area contributed by atoms with E-state index in [0.717, 1.165) is 43.4 Å². The largest absolute Gasteiger partial charge is 0.295 e. The Morgan fingerprint density at radius 1 is 1.09 bits per heavy atom. The van der Waals surface area contributed by atoms with Crippen LogP contribution >= 0.6 is 0 Å². The van der Waals surface area contributed by atoms with E-state index in [9.17, 15) is 10.1 Å². The minimum absolute atomic E-state index is 0.262. The highest BCUT2D eigenvalue weighted by molar-refractivity contribution is 5.91. The lowest BCUT2D eigenvalue weighted by molar-refractivity contribution is -0.117. The van der Waals surface area contributed by atoms with Crippen LogP contribution in [0.1, 0.15) is 65.2 Å². The molecule has 118 valence electrons. The third-order valence-electron chi connectivity index (χ3n) is 8.12. The average Bonchev–Trinajstić information content (AvgIpc) is 2.84. The van der Waals surface area contributed by atoms with E-state index in [2.05, 4.69) is 19.9 Å². The molecule has 22 heavy (non-hydrogen) atoms. The zero-order valence-electron chi connectivity index (χ0n) is 13.9. The second kappa shape index (κ2) is 4.70. The fourth-order valence-electron chi connectivity index (χ4n) is 6.77. The van der Waals surface area contributed by atoms with Crippen LogP contribution in [-0.4, -0.2) is 5.78 Å². The Morgan fingerprint density at radius 3 is 2.68 bits per heavy atom. The van der Waals surface area contributed by atoms with E-state index in [4.69, 9.17) is 0 Å². The maximum absolute atomic E-state index is 11.8. The molecule has 4 rings (SSSR count). The molecule has 6 atom stereocenters. The van der Waals surface area contributed by atoms with Gasteiger partial charge in [-0.15, -0.1) is 0 Å². The van der Waals surface area contributed by atoms with Gasteiger partial charge in [0.15, 0.2) is 5.78 Å². The molecule has 0 unspecified atom stereocenters. The molecular weight excluding hydrogens is 270 g/mol. The van der Waals surface area contributed by atoms with Crippen molar-refractivity contribution in [3.8, 4) is 6.07 Å². The van der Waals surface area contributed by atoms with Gasteiger partial charge in [0.1, 0.15) is 0 Å². The highest BCUT2D eigenvalue weighted by Crippen LogP contribution is 2.66. The van der Waals surface area contributed by atoms with Crippen molar-refractivity contribution in [3.63, 3.8) is 0 Å². The summed E-state index contributed by atoms with van der Waals surface area (Å²) in [6.45, 7) is 4.83. The molecule has 2 nitrogen and oxygen atoms in total. The number of nitrogens with zero attached hydrogens (tertiary/aromatic N) is 1. The number of rotatable bonds is 0. The van der Waals surface area contributed by atoms with E-state index in [0.29, 0.717) is 5.78 Å². The monoisotopic (exact) mass is 297 g/mol. The van der Waals surface area contributed by atoms with Gasteiger partial charge in [-0.3, -0.25) is 4.79 Å². The van der Waals surface area contributed by atoms with Gasteiger partial charge in [0, 0.05) is 6.42 Å². The smallest absolute Gasteiger partial charge is 0.155 e. The van der Waals surface area contributed by atoms with Crippen LogP contribution in [0.2, 0.25) is 0 Å². The first-order valence-corrected chi connectivity index (χ1v) is 9.12. The lowest BCUT2D eigenvalue weighted by atomic mass is 9.47. The van der Waals surface area contributed by atoms with Crippen molar-refractivity contribution >= 4 is 5.78 Å². The molecule has 2 heteroatoms. The topological polar surface area (TPSA) is 40.9 Å². The van der Waals surface area contributed by atoms with Crippen molar-refractivity contribution in [3.05, 3.63) is 11.6 Å². The van der Waals surface area contributed by atoms with E-state index in [1.807, 2.05) is 6.08 Å². The Balaban J connectivity index is 1.68. The lowest BCUT2D eigenvalue weighted by Gasteiger charge is -2.57. The highest BCUT2D eigenvalue weighted by Gasteiger charge is 2.58. The third kappa shape index (κ3) is 1.75. The molecule has 0 amide bonds. The van der Waals surface area contributed by atoms with Gasteiger partial charge in [-0.25, -0.2) is 0 Å². The molecule has 4 aliphatic rings. The minimum Gasteiger partial charge on any atom is -0.295 e. The van der Waals surface area contributed by atoms with Gasteiger partial charge in [0.05, 0.1) is 12.0 Å². The molecule has 0 aromatic heterocycles. The van der Waals surface area contributed by atoms with E-state index in [1.54, 1.807) is 0 Å². The Labute approximate surface area is 134 Å². The molecule has 0 saturated heterocycles. The maximum atomic E-state index is 11.8. The fourth-order valence-corrected chi connectivity index (χ4v) is 6.77. The summed E-state index contributed by atoms with van der Waals surface area (Å²) in [7, 11) is 0. The Bertz CT molecular complexity index is 585. The SMILES string of the molecule is C[C@]12CC[C@H]3[C@@H](CCC4=CC(=O)CC[C@@]43C)[C@@H]1CC[C@@H]2C#N. The number of nitriles is 1. The van der Waals surface area contributed by atoms with Gasteiger partial charge in [0.25, 0.3) is 0 Å². The predicted molar refractivity (Wildman–Crippen MR) is 85.8 cm³/mol. The summed E-state index contributed by atoms with van der Waals surface area (Å²) in [5.74, 6) is 2.89. The highest BCUT2D eigenvalue weighted by atomic mass is 16.1. The second-order valence-electron chi connectivity index (χ2n) is 8.77. The first kappa shape index (κ1) is 14.5. The van der Waals surface area contributed by atoms with Crippen molar-refractivity contribution < 1.29 is 4.79 Å². The standard InChI is InChI=1S/C20H27NO/c1-19-9-7-15(22)11-13(19)3-5-16-17-6-4-14(12-21)20(17,2)10-8-18(16)19/h11,14,16-18H,3-10H2,1-2H3/t14-,16+,17+,18+,19+,20-/m1/s1. The van der Waals surface area contributed by atoms with Crippen LogP contribution in [0, 0.1) is 45.8 Å². The van der Waals surface area contributed by atoms with Gasteiger partial charge < -0.3 is 0 Å². The Kier molecular flexibility index (Phi) is 3.09. The Morgan fingerprint density at radius 2 is 1.91 bits per heavy atom. The van der Waals surface area contributed by atoms with Crippen LogP contribution < -0.4 is 0 Å². The number of fused-ring (bicyclic) bond motifs is 5. The van der Waals surface area contributed by atoms with Crippen LogP contribution in [0.5, 0.6) is 0 Å². The molecule has 0 bridgehead atoms. The third-order valence-corrected chi connectivity index (χ3v) is 8.12. The van der Waals surface area contributed by atoms with Crippen molar-refractivity contribution in [2.45, 2.75) is 65.2 Å². The fraction of sp³-hybridized carbons (Fsp3) is 0.800. The average molecular weight is 297 g/mol. The van der Waals surface area contributed by atoms with Gasteiger partial charge in [0.2, 0.25) is 0 Å².